The number of guanidine groups is 1. The summed E-state index contributed by atoms with van der Waals surface area (Å²) >= 11 is 0. The van der Waals surface area contributed by atoms with Gasteiger partial charge in [0.2, 0.25) is 0 Å². The fraction of sp³-hybridized carbons (Fsp3) is 0.929. The van der Waals surface area contributed by atoms with Crippen LogP contribution in [-0.4, -0.2) is 75.2 Å². The zero-order chi connectivity index (χ0) is 14.1. The molecule has 2 N–H and O–H groups in total. The molecule has 0 aliphatic carbocycles. The Morgan fingerprint density at radius 2 is 1.74 bits per heavy atom. The molecule has 0 aromatic rings. The second-order valence-electron chi connectivity index (χ2n) is 5.33. The summed E-state index contributed by atoms with van der Waals surface area (Å²) in [4.78, 5) is 9.47. The Kier molecular flexibility index (Phi) is 7.82. The third kappa shape index (κ3) is 6.25. The molecule has 5 nitrogen and oxygen atoms in total. The lowest BCUT2D eigenvalue weighted by Gasteiger charge is -2.34. The molecule has 0 saturated carbocycles. The second-order valence-corrected chi connectivity index (χ2v) is 5.33. The van der Waals surface area contributed by atoms with Crippen molar-refractivity contribution in [2.24, 2.45) is 4.99 Å². The van der Waals surface area contributed by atoms with Gasteiger partial charge in [-0.3, -0.25) is 4.99 Å². The first-order valence-corrected chi connectivity index (χ1v) is 7.58. The van der Waals surface area contributed by atoms with E-state index >= 15 is 0 Å². The molecule has 0 spiro atoms. The van der Waals surface area contributed by atoms with Gasteiger partial charge in [0.1, 0.15) is 0 Å². The van der Waals surface area contributed by atoms with Crippen LogP contribution in [0.2, 0.25) is 0 Å². The van der Waals surface area contributed by atoms with E-state index < -0.39 is 0 Å². The number of likely N-dealkylation sites (tertiary alicyclic amines) is 1. The third-order valence-corrected chi connectivity index (χ3v) is 3.66. The summed E-state index contributed by atoms with van der Waals surface area (Å²) in [5, 5.41) is 6.51. The lowest BCUT2D eigenvalue weighted by atomic mass is 10.0. The number of hydrogen-bond donors (Lipinski definition) is 2. The average Bonchev–Trinajstić information content (AvgIpc) is 2.40. The highest BCUT2D eigenvalue weighted by Crippen LogP contribution is 2.13. The molecule has 0 atom stereocenters. The van der Waals surface area contributed by atoms with Crippen molar-refractivity contribution in [3.8, 4) is 0 Å². The van der Waals surface area contributed by atoms with E-state index in [4.69, 9.17) is 0 Å². The van der Waals surface area contributed by atoms with Gasteiger partial charge in [-0.25, -0.2) is 0 Å². The molecule has 1 saturated heterocycles. The largest absolute Gasteiger partial charge is 0.357 e. The molecular weight excluding hydrogens is 238 g/mol. The number of aliphatic imine (C=N–C) groups is 1. The SMILES string of the molecule is CCNC(=NCCN1CCC(N(C)C)CC1)NCC. The molecule has 5 heteroatoms. The molecule has 0 bridgehead atoms. The van der Waals surface area contributed by atoms with Gasteiger partial charge in [-0.2, -0.15) is 0 Å². The molecule has 0 unspecified atom stereocenters. The van der Waals surface area contributed by atoms with Crippen molar-refractivity contribution in [1.82, 2.24) is 20.4 Å². The molecular formula is C14H31N5. The van der Waals surface area contributed by atoms with Gasteiger partial charge in [0, 0.05) is 25.7 Å². The summed E-state index contributed by atoms with van der Waals surface area (Å²) in [7, 11) is 4.37. The van der Waals surface area contributed by atoms with Crippen molar-refractivity contribution < 1.29 is 0 Å². The number of nitrogens with one attached hydrogen (secondary N) is 2. The maximum absolute atomic E-state index is 4.59. The van der Waals surface area contributed by atoms with E-state index in [1.165, 1.54) is 25.9 Å². The molecule has 0 radical (unpaired) electrons. The van der Waals surface area contributed by atoms with Crippen molar-refractivity contribution in [2.45, 2.75) is 32.7 Å². The monoisotopic (exact) mass is 269 g/mol. The Morgan fingerprint density at radius 3 is 2.21 bits per heavy atom. The van der Waals surface area contributed by atoms with E-state index in [0.717, 1.165) is 38.2 Å². The average molecular weight is 269 g/mol. The van der Waals surface area contributed by atoms with Gasteiger partial charge in [-0.15, -0.1) is 0 Å². The number of rotatable bonds is 6. The van der Waals surface area contributed by atoms with Gasteiger partial charge in [0.05, 0.1) is 6.54 Å². The van der Waals surface area contributed by atoms with Crippen LogP contribution in [0.5, 0.6) is 0 Å². The number of hydrogen-bond acceptors (Lipinski definition) is 3. The Hall–Kier alpha value is -0.810. The minimum atomic E-state index is 0.763. The molecule has 1 aliphatic rings. The molecule has 19 heavy (non-hydrogen) atoms. The van der Waals surface area contributed by atoms with Crippen LogP contribution in [0.4, 0.5) is 0 Å². The van der Waals surface area contributed by atoms with Gasteiger partial charge >= 0.3 is 0 Å². The zero-order valence-electron chi connectivity index (χ0n) is 13.1. The van der Waals surface area contributed by atoms with E-state index in [2.05, 4.69) is 53.4 Å². The van der Waals surface area contributed by atoms with Crippen LogP contribution in [0, 0.1) is 0 Å². The quantitative estimate of drug-likeness (QED) is 0.547. The molecule has 1 heterocycles. The fourth-order valence-electron chi connectivity index (χ4n) is 2.47. The van der Waals surface area contributed by atoms with Crippen LogP contribution >= 0.6 is 0 Å². The molecule has 0 aromatic heterocycles. The highest BCUT2D eigenvalue weighted by Gasteiger charge is 2.19. The topological polar surface area (TPSA) is 42.9 Å². The van der Waals surface area contributed by atoms with Crippen LogP contribution in [-0.2, 0) is 0 Å². The first-order chi connectivity index (χ1) is 9.17. The molecule has 1 rings (SSSR count). The van der Waals surface area contributed by atoms with Crippen LogP contribution in [0.25, 0.3) is 0 Å². The first-order valence-electron chi connectivity index (χ1n) is 7.58. The highest BCUT2D eigenvalue weighted by atomic mass is 15.2. The Morgan fingerprint density at radius 1 is 1.16 bits per heavy atom. The summed E-state index contributed by atoms with van der Waals surface area (Å²) in [5.74, 6) is 0.938. The lowest BCUT2D eigenvalue weighted by molar-refractivity contribution is 0.148. The van der Waals surface area contributed by atoms with Gasteiger partial charge in [-0.1, -0.05) is 0 Å². The predicted octanol–water partition coefficient (Wildman–Crippen LogP) is 0.587. The van der Waals surface area contributed by atoms with Crippen molar-refractivity contribution in [3.63, 3.8) is 0 Å². The number of nitrogens with zero attached hydrogens (tertiary/aromatic N) is 3. The maximum atomic E-state index is 4.59. The summed E-state index contributed by atoms with van der Waals surface area (Å²) in [6, 6.07) is 0.763. The van der Waals surface area contributed by atoms with Gasteiger partial charge in [-0.05, 0) is 53.9 Å². The van der Waals surface area contributed by atoms with Crippen LogP contribution < -0.4 is 10.6 Å². The Balaban J connectivity index is 2.24. The standard InChI is InChI=1S/C14H31N5/c1-5-15-14(16-6-2)17-9-12-19-10-7-13(8-11-19)18(3)4/h13H,5-12H2,1-4H3,(H2,15,16,17). The summed E-state index contributed by atoms with van der Waals surface area (Å²) in [6.45, 7) is 10.4. The van der Waals surface area contributed by atoms with Gasteiger partial charge in [0.15, 0.2) is 5.96 Å². The fourth-order valence-corrected chi connectivity index (χ4v) is 2.47. The Bertz CT molecular complexity index is 249. The van der Waals surface area contributed by atoms with E-state index in [9.17, 15) is 0 Å². The van der Waals surface area contributed by atoms with Crippen molar-refractivity contribution in [2.75, 3.05) is 53.4 Å². The first kappa shape index (κ1) is 16.2. The molecule has 112 valence electrons. The molecule has 1 fully saturated rings. The predicted molar refractivity (Wildman–Crippen MR) is 82.8 cm³/mol. The molecule has 0 aromatic carbocycles. The second kappa shape index (κ2) is 9.15. The third-order valence-electron chi connectivity index (χ3n) is 3.66. The smallest absolute Gasteiger partial charge is 0.191 e. The summed E-state index contributed by atoms with van der Waals surface area (Å²) in [6.07, 6.45) is 2.56. The van der Waals surface area contributed by atoms with E-state index in [-0.39, 0.29) is 0 Å². The molecule has 0 amide bonds. The van der Waals surface area contributed by atoms with Crippen molar-refractivity contribution >= 4 is 5.96 Å². The molecule has 1 aliphatic heterocycles. The van der Waals surface area contributed by atoms with Gasteiger partial charge in [0.25, 0.3) is 0 Å². The van der Waals surface area contributed by atoms with Gasteiger partial charge < -0.3 is 20.4 Å². The number of piperidine rings is 1. The van der Waals surface area contributed by atoms with Crippen LogP contribution in [0.1, 0.15) is 26.7 Å². The lowest BCUT2D eigenvalue weighted by Crippen LogP contribution is -2.43. The van der Waals surface area contributed by atoms with Crippen molar-refractivity contribution in [3.05, 3.63) is 0 Å². The van der Waals surface area contributed by atoms with Crippen molar-refractivity contribution in [1.29, 1.82) is 0 Å². The van der Waals surface area contributed by atoms with E-state index in [0.29, 0.717) is 0 Å². The minimum Gasteiger partial charge on any atom is -0.357 e. The van der Waals surface area contributed by atoms with Crippen LogP contribution in [0.3, 0.4) is 0 Å². The summed E-state index contributed by atoms with van der Waals surface area (Å²) < 4.78 is 0. The highest BCUT2D eigenvalue weighted by molar-refractivity contribution is 5.79. The van der Waals surface area contributed by atoms with Crippen LogP contribution in [0.15, 0.2) is 4.99 Å². The Labute approximate surface area is 118 Å². The normalized spacial score (nSPS) is 17.5. The minimum absolute atomic E-state index is 0.763. The van der Waals surface area contributed by atoms with E-state index in [1.807, 2.05) is 0 Å². The maximum Gasteiger partial charge on any atom is 0.191 e. The zero-order valence-corrected chi connectivity index (χ0v) is 13.1. The van der Waals surface area contributed by atoms with E-state index in [1.54, 1.807) is 0 Å². The summed E-state index contributed by atoms with van der Waals surface area (Å²) in [5.41, 5.74) is 0.